The summed E-state index contributed by atoms with van der Waals surface area (Å²) in [4.78, 5) is 28.6. The summed E-state index contributed by atoms with van der Waals surface area (Å²) in [5.74, 6) is 0.860. The molecule has 0 spiro atoms. The lowest BCUT2D eigenvalue weighted by atomic mass is 10.1. The molecular weight excluding hydrogens is 426 g/mol. The van der Waals surface area contributed by atoms with Gasteiger partial charge in [-0.25, -0.2) is 9.97 Å². The quantitative estimate of drug-likeness (QED) is 0.660. The number of carbonyl (C=O) groups excluding carboxylic acids is 1. The third-order valence-electron chi connectivity index (χ3n) is 6.44. The Hall–Kier alpha value is -2.74. The summed E-state index contributed by atoms with van der Waals surface area (Å²) in [7, 11) is 0. The van der Waals surface area contributed by atoms with E-state index in [2.05, 4.69) is 9.80 Å². The largest absolute Gasteiger partial charge is 0.390 e. The monoisotopic (exact) mass is 451 g/mol. The molecule has 2 saturated heterocycles. The first-order valence-corrected chi connectivity index (χ1v) is 11.3. The molecule has 1 N–H and O–H groups in total. The number of aliphatic hydroxyl groups is 1. The SMILES string of the molecule is Cc1nc2ccccc2nc1N1C[C@H](O)[C@@H](N2CCN(C(=O)c3ccc(Cl)cc3)CC2)C1. The van der Waals surface area contributed by atoms with E-state index in [1.165, 1.54) is 0 Å². The van der Waals surface area contributed by atoms with Crippen molar-refractivity contribution >= 4 is 34.4 Å². The van der Waals surface area contributed by atoms with Crippen LogP contribution in [-0.2, 0) is 0 Å². The van der Waals surface area contributed by atoms with Gasteiger partial charge in [0.15, 0.2) is 5.82 Å². The van der Waals surface area contributed by atoms with E-state index in [-0.39, 0.29) is 11.9 Å². The van der Waals surface area contributed by atoms with Gasteiger partial charge in [-0.2, -0.15) is 0 Å². The topological polar surface area (TPSA) is 72.8 Å². The molecule has 2 aliphatic heterocycles. The van der Waals surface area contributed by atoms with E-state index < -0.39 is 6.10 Å². The zero-order chi connectivity index (χ0) is 22.2. The van der Waals surface area contributed by atoms with E-state index in [0.717, 1.165) is 35.6 Å². The minimum Gasteiger partial charge on any atom is -0.390 e. The maximum absolute atomic E-state index is 12.8. The molecular formula is C24H26ClN5O2. The van der Waals surface area contributed by atoms with Crippen LogP contribution >= 0.6 is 11.6 Å². The molecule has 2 aromatic carbocycles. The van der Waals surface area contributed by atoms with E-state index >= 15 is 0 Å². The van der Waals surface area contributed by atoms with Gasteiger partial charge in [0.05, 0.1) is 28.9 Å². The number of hydrogen-bond acceptors (Lipinski definition) is 6. The van der Waals surface area contributed by atoms with Crippen molar-refractivity contribution in [3.8, 4) is 0 Å². The van der Waals surface area contributed by atoms with Crippen molar-refractivity contribution in [3.05, 3.63) is 64.8 Å². The maximum atomic E-state index is 12.8. The van der Waals surface area contributed by atoms with Crippen LogP contribution in [-0.4, -0.2) is 82.2 Å². The molecule has 1 aromatic heterocycles. The minimum atomic E-state index is -0.471. The van der Waals surface area contributed by atoms with Crippen LogP contribution in [0.25, 0.3) is 11.0 Å². The van der Waals surface area contributed by atoms with Gasteiger partial charge in [0.2, 0.25) is 0 Å². The fraction of sp³-hybridized carbons (Fsp3) is 0.375. The Labute approximate surface area is 192 Å². The predicted molar refractivity (Wildman–Crippen MR) is 125 cm³/mol. The van der Waals surface area contributed by atoms with E-state index in [1.54, 1.807) is 24.3 Å². The van der Waals surface area contributed by atoms with Crippen LogP contribution in [0.1, 0.15) is 16.1 Å². The molecule has 2 fully saturated rings. The third kappa shape index (κ3) is 4.03. The Morgan fingerprint density at radius 3 is 2.31 bits per heavy atom. The number of aliphatic hydroxyl groups excluding tert-OH is 1. The van der Waals surface area contributed by atoms with Gasteiger partial charge in [-0.05, 0) is 43.3 Å². The van der Waals surface area contributed by atoms with Gasteiger partial charge in [-0.15, -0.1) is 0 Å². The van der Waals surface area contributed by atoms with Crippen molar-refractivity contribution in [1.82, 2.24) is 19.8 Å². The van der Waals surface area contributed by atoms with Crippen LogP contribution in [0.15, 0.2) is 48.5 Å². The van der Waals surface area contributed by atoms with Gasteiger partial charge >= 0.3 is 0 Å². The van der Waals surface area contributed by atoms with Crippen LogP contribution in [0, 0.1) is 6.92 Å². The summed E-state index contributed by atoms with van der Waals surface area (Å²) in [5, 5.41) is 11.5. The molecule has 8 heteroatoms. The molecule has 0 saturated carbocycles. The minimum absolute atomic E-state index is 0.00968. The van der Waals surface area contributed by atoms with Crippen LogP contribution < -0.4 is 4.90 Å². The standard InChI is InChI=1S/C24H26ClN5O2/c1-16-23(27-20-5-3-2-4-19(20)26-16)30-14-21(22(31)15-30)28-10-12-29(13-11-28)24(32)17-6-8-18(25)9-7-17/h2-9,21-22,31H,10-15H2,1H3/t21-,22-/m0/s1. The number of aryl methyl sites for hydroxylation is 1. The molecule has 7 nitrogen and oxygen atoms in total. The molecule has 32 heavy (non-hydrogen) atoms. The van der Waals surface area contributed by atoms with Crippen LogP contribution in [0.5, 0.6) is 0 Å². The number of amides is 1. The van der Waals surface area contributed by atoms with Crippen LogP contribution in [0.2, 0.25) is 5.02 Å². The normalized spacial score (nSPS) is 22.0. The lowest BCUT2D eigenvalue weighted by Gasteiger charge is -2.38. The maximum Gasteiger partial charge on any atom is 0.253 e. The number of fused-ring (bicyclic) bond motifs is 1. The predicted octanol–water partition coefficient (Wildman–Crippen LogP) is 2.60. The molecule has 2 atom stereocenters. The number of β-amino-alcohol motifs (C(OH)–C–C–N with tert-alkyl or cyclic N) is 1. The number of hydrogen-bond donors (Lipinski definition) is 1. The Kier molecular flexibility index (Phi) is 5.71. The van der Waals surface area contributed by atoms with Crippen molar-refractivity contribution in [3.63, 3.8) is 0 Å². The van der Waals surface area contributed by atoms with Gasteiger partial charge in [0.1, 0.15) is 0 Å². The number of halogens is 1. The van der Waals surface area contributed by atoms with E-state index in [9.17, 15) is 9.90 Å². The van der Waals surface area contributed by atoms with Gasteiger partial charge in [0.25, 0.3) is 5.91 Å². The Morgan fingerprint density at radius 1 is 0.969 bits per heavy atom. The van der Waals surface area contributed by atoms with Crippen molar-refractivity contribution in [2.45, 2.75) is 19.1 Å². The molecule has 3 heterocycles. The van der Waals surface area contributed by atoms with Crippen LogP contribution in [0.4, 0.5) is 5.82 Å². The highest BCUT2D eigenvalue weighted by Crippen LogP contribution is 2.26. The lowest BCUT2D eigenvalue weighted by Crippen LogP contribution is -2.54. The van der Waals surface area contributed by atoms with E-state index in [0.29, 0.717) is 36.8 Å². The summed E-state index contributed by atoms with van der Waals surface area (Å²) >= 11 is 5.93. The molecule has 2 aliphatic rings. The van der Waals surface area contributed by atoms with Crippen molar-refractivity contribution < 1.29 is 9.90 Å². The smallest absolute Gasteiger partial charge is 0.253 e. The number of carbonyl (C=O) groups is 1. The van der Waals surface area contributed by atoms with E-state index in [4.69, 9.17) is 21.6 Å². The average molecular weight is 452 g/mol. The second-order valence-corrected chi connectivity index (χ2v) is 8.93. The van der Waals surface area contributed by atoms with Crippen molar-refractivity contribution in [2.75, 3.05) is 44.2 Å². The summed E-state index contributed by atoms with van der Waals surface area (Å²) in [6.45, 7) is 5.94. The van der Waals surface area contributed by atoms with E-state index in [1.807, 2.05) is 36.1 Å². The summed E-state index contributed by atoms with van der Waals surface area (Å²) in [5.41, 5.74) is 3.27. The van der Waals surface area contributed by atoms with Gasteiger partial charge < -0.3 is 14.9 Å². The number of piperazine rings is 1. The number of para-hydroxylation sites is 2. The van der Waals surface area contributed by atoms with Crippen molar-refractivity contribution in [2.24, 2.45) is 0 Å². The van der Waals surface area contributed by atoms with Crippen LogP contribution in [0.3, 0.4) is 0 Å². The fourth-order valence-corrected chi connectivity index (χ4v) is 4.84. The number of anilines is 1. The Morgan fingerprint density at radius 2 is 1.62 bits per heavy atom. The lowest BCUT2D eigenvalue weighted by molar-refractivity contribution is 0.0376. The number of nitrogens with zero attached hydrogens (tertiary/aromatic N) is 5. The Balaban J connectivity index is 1.25. The fourth-order valence-electron chi connectivity index (χ4n) is 4.71. The second kappa shape index (κ2) is 8.65. The zero-order valence-corrected chi connectivity index (χ0v) is 18.7. The first kappa shape index (κ1) is 21.1. The molecule has 1 amide bonds. The molecule has 3 aromatic rings. The highest BCUT2D eigenvalue weighted by atomic mass is 35.5. The summed E-state index contributed by atoms with van der Waals surface area (Å²) < 4.78 is 0. The second-order valence-electron chi connectivity index (χ2n) is 8.50. The third-order valence-corrected chi connectivity index (χ3v) is 6.69. The molecule has 0 radical (unpaired) electrons. The van der Waals surface area contributed by atoms with Crippen molar-refractivity contribution in [1.29, 1.82) is 0 Å². The first-order chi connectivity index (χ1) is 15.5. The van der Waals surface area contributed by atoms with Gasteiger partial charge in [-0.3, -0.25) is 9.69 Å². The van der Waals surface area contributed by atoms with Gasteiger partial charge in [-0.1, -0.05) is 23.7 Å². The summed E-state index contributed by atoms with van der Waals surface area (Å²) in [6.07, 6.45) is -0.471. The average Bonchev–Trinajstić information content (AvgIpc) is 3.20. The highest BCUT2D eigenvalue weighted by Gasteiger charge is 2.38. The number of aromatic nitrogens is 2. The Bertz CT molecular complexity index is 1130. The number of rotatable bonds is 3. The molecule has 0 unspecified atom stereocenters. The first-order valence-electron chi connectivity index (χ1n) is 10.9. The zero-order valence-electron chi connectivity index (χ0n) is 18.0. The summed E-state index contributed by atoms with van der Waals surface area (Å²) in [6, 6.07) is 14.9. The molecule has 0 aliphatic carbocycles. The highest BCUT2D eigenvalue weighted by molar-refractivity contribution is 6.30. The molecule has 166 valence electrons. The molecule has 5 rings (SSSR count). The van der Waals surface area contributed by atoms with Gasteiger partial charge in [0, 0.05) is 49.9 Å². The molecule has 0 bridgehead atoms. The number of benzene rings is 2.